The molecule has 2 N–H and O–H groups in total. The molecule has 0 saturated carbocycles. The number of aromatic nitrogens is 3. The largest absolute Gasteiger partial charge is 0.370 e. The Kier molecular flexibility index (Phi) is 4.75. The van der Waals surface area contributed by atoms with Crippen molar-refractivity contribution >= 4 is 22.5 Å². The molecular formula is C20H26N6. The summed E-state index contributed by atoms with van der Waals surface area (Å²) < 4.78 is 0. The van der Waals surface area contributed by atoms with Crippen molar-refractivity contribution in [2.45, 2.75) is 13.3 Å². The summed E-state index contributed by atoms with van der Waals surface area (Å²) in [5.74, 6) is 2.75. The van der Waals surface area contributed by atoms with Gasteiger partial charge in [0.05, 0.1) is 0 Å². The summed E-state index contributed by atoms with van der Waals surface area (Å²) in [4.78, 5) is 17.2. The lowest BCUT2D eigenvalue weighted by molar-refractivity contribution is 0.312. The summed E-state index contributed by atoms with van der Waals surface area (Å²) in [5.41, 5.74) is 2.52. The molecule has 6 heteroatoms. The van der Waals surface area contributed by atoms with Gasteiger partial charge in [0.15, 0.2) is 0 Å². The van der Waals surface area contributed by atoms with E-state index < -0.39 is 0 Å². The average molecular weight is 350 g/mol. The van der Waals surface area contributed by atoms with Crippen LogP contribution in [0.4, 0.5) is 11.6 Å². The molecule has 0 atom stereocenters. The predicted octanol–water partition coefficient (Wildman–Crippen LogP) is 2.67. The predicted molar refractivity (Wildman–Crippen MR) is 107 cm³/mol. The van der Waals surface area contributed by atoms with E-state index in [0.717, 1.165) is 56.6 Å². The van der Waals surface area contributed by atoms with E-state index in [0.29, 0.717) is 0 Å². The van der Waals surface area contributed by atoms with Gasteiger partial charge in [-0.15, -0.1) is 0 Å². The maximum Gasteiger partial charge on any atom is 0.134 e. The molecule has 1 fully saturated rings. The number of H-pyrrole nitrogens is 1. The molecule has 136 valence electrons. The van der Waals surface area contributed by atoms with Gasteiger partial charge < -0.3 is 20.1 Å². The van der Waals surface area contributed by atoms with Crippen molar-refractivity contribution in [1.29, 1.82) is 0 Å². The first-order chi connectivity index (χ1) is 12.7. The number of aryl methyl sites for hydroxylation is 1. The van der Waals surface area contributed by atoms with Gasteiger partial charge in [-0.2, -0.15) is 0 Å². The van der Waals surface area contributed by atoms with E-state index in [-0.39, 0.29) is 0 Å². The Morgan fingerprint density at radius 3 is 2.77 bits per heavy atom. The molecule has 1 aliphatic rings. The molecule has 1 saturated heterocycles. The molecule has 0 bridgehead atoms. The molecule has 6 nitrogen and oxygen atoms in total. The number of nitrogens with zero attached hydrogens (tertiary/aromatic N) is 4. The van der Waals surface area contributed by atoms with Crippen LogP contribution in [0.1, 0.15) is 11.4 Å². The first-order valence-electron chi connectivity index (χ1n) is 9.27. The van der Waals surface area contributed by atoms with Crippen LogP contribution in [0.5, 0.6) is 0 Å². The highest BCUT2D eigenvalue weighted by Gasteiger charge is 2.16. The van der Waals surface area contributed by atoms with Gasteiger partial charge in [0.25, 0.3) is 0 Å². The Labute approximate surface area is 154 Å². The first kappa shape index (κ1) is 16.8. The third kappa shape index (κ3) is 3.65. The fourth-order valence-corrected chi connectivity index (χ4v) is 3.50. The number of hydrogen-bond donors (Lipinski definition) is 2. The van der Waals surface area contributed by atoms with Gasteiger partial charge in [0.1, 0.15) is 17.5 Å². The molecule has 0 unspecified atom stereocenters. The van der Waals surface area contributed by atoms with Crippen LogP contribution in [0, 0.1) is 6.92 Å². The maximum absolute atomic E-state index is 4.63. The van der Waals surface area contributed by atoms with Gasteiger partial charge in [0.2, 0.25) is 0 Å². The van der Waals surface area contributed by atoms with Crippen LogP contribution in [-0.4, -0.2) is 59.6 Å². The minimum Gasteiger partial charge on any atom is -0.370 e. The standard InChI is InChI=1S/C20H26N6/c1-15-23-19(13-20(24-15)26-11-9-25(2)10-12-26)21-8-7-16-14-22-18-6-4-3-5-17(16)18/h3-6,13-14,22H,7-12H2,1-2H3,(H,21,23,24). The fourth-order valence-electron chi connectivity index (χ4n) is 3.50. The molecule has 0 radical (unpaired) electrons. The SMILES string of the molecule is Cc1nc(NCCc2c[nH]c3ccccc23)cc(N2CCN(C)CC2)n1. The highest BCUT2D eigenvalue weighted by Crippen LogP contribution is 2.20. The van der Waals surface area contributed by atoms with Crippen LogP contribution < -0.4 is 10.2 Å². The second kappa shape index (κ2) is 7.33. The summed E-state index contributed by atoms with van der Waals surface area (Å²) in [6.45, 7) is 6.99. The first-order valence-corrected chi connectivity index (χ1v) is 9.27. The molecule has 0 spiro atoms. The van der Waals surface area contributed by atoms with Crippen LogP contribution >= 0.6 is 0 Å². The second-order valence-corrected chi connectivity index (χ2v) is 6.99. The molecule has 0 amide bonds. The Morgan fingerprint density at radius 1 is 1.12 bits per heavy atom. The summed E-state index contributed by atoms with van der Waals surface area (Å²) in [6, 6.07) is 10.5. The van der Waals surface area contributed by atoms with E-state index in [1.807, 2.05) is 6.92 Å². The number of aromatic amines is 1. The van der Waals surface area contributed by atoms with Gasteiger partial charge in [-0.05, 0) is 32.0 Å². The molecule has 4 rings (SSSR count). The number of rotatable bonds is 5. The quantitative estimate of drug-likeness (QED) is 0.741. The molecule has 1 aliphatic heterocycles. The zero-order valence-electron chi connectivity index (χ0n) is 15.5. The minimum atomic E-state index is 0.816. The van der Waals surface area contributed by atoms with Crippen molar-refractivity contribution in [3.05, 3.63) is 47.9 Å². The van der Waals surface area contributed by atoms with Crippen molar-refractivity contribution in [2.24, 2.45) is 0 Å². The normalized spacial score (nSPS) is 15.5. The average Bonchev–Trinajstić information content (AvgIpc) is 3.05. The smallest absolute Gasteiger partial charge is 0.134 e. The number of nitrogens with one attached hydrogen (secondary N) is 2. The molecular weight excluding hydrogens is 324 g/mol. The third-order valence-electron chi connectivity index (χ3n) is 5.03. The minimum absolute atomic E-state index is 0.816. The zero-order valence-corrected chi connectivity index (χ0v) is 15.5. The van der Waals surface area contributed by atoms with E-state index in [2.05, 4.69) is 73.6 Å². The number of benzene rings is 1. The second-order valence-electron chi connectivity index (χ2n) is 6.99. The highest BCUT2D eigenvalue weighted by molar-refractivity contribution is 5.83. The number of piperazine rings is 1. The Bertz CT molecular complexity index is 879. The highest BCUT2D eigenvalue weighted by atomic mass is 15.3. The van der Waals surface area contributed by atoms with Gasteiger partial charge >= 0.3 is 0 Å². The lowest BCUT2D eigenvalue weighted by Crippen LogP contribution is -2.44. The van der Waals surface area contributed by atoms with Gasteiger partial charge in [-0.25, -0.2) is 9.97 Å². The van der Waals surface area contributed by atoms with Crippen molar-refractivity contribution < 1.29 is 0 Å². The van der Waals surface area contributed by atoms with Crippen LogP contribution in [0.25, 0.3) is 10.9 Å². The van der Waals surface area contributed by atoms with E-state index in [4.69, 9.17) is 0 Å². The molecule has 3 heterocycles. The molecule has 1 aromatic carbocycles. The van der Waals surface area contributed by atoms with Gasteiger partial charge in [-0.1, -0.05) is 18.2 Å². The van der Waals surface area contributed by atoms with Crippen LogP contribution in [0.15, 0.2) is 36.5 Å². The van der Waals surface area contributed by atoms with Crippen molar-refractivity contribution in [3.63, 3.8) is 0 Å². The Hall–Kier alpha value is -2.60. The number of para-hydroxylation sites is 1. The monoisotopic (exact) mass is 350 g/mol. The maximum atomic E-state index is 4.63. The molecule has 26 heavy (non-hydrogen) atoms. The van der Waals surface area contributed by atoms with Crippen LogP contribution in [0.3, 0.4) is 0 Å². The van der Waals surface area contributed by atoms with E-state index in [1.54, 1.807) is 0 Å². The summed E-state index contributed by atoms with van der Waals surface area (Å²) >= 11 is 0. The molecule has 3 aromatic rings. The van der Waals surface area contributed by atoms with Crippen molar-refractivity contribution in [1.82, 2.24) is 19.9 Å². The van der Waals surface area contributed by atoms with E-state index >= 15 is 0 Å². The van der Waals surface area contributed by atoms with Gasteiger partial charge in [0, 0.05) is 55.9 Å². The number of hydrogen-bond acceptors (Lipinski definition) is 5. The third-order valence-corrected chi connectivity index (χ3v) is 5.03. The number of fused-ring (bicyclic) bond motifs is 1. The Morgan fingerprint density at radius 2 is 1.92 bits per heavy atom. The van der Waals surface area contributed by atoms with E-state index in [1.165, 1.54) is 16.5 Å². The van der Waals surface area contributed by atoms with Crippen molar-refractivity contribution in [3.8, 4) is 0 Å². The van der Waals surface area contributed by atoms with Crippen LogP contribution in [0.2, 0.25) is 0 Å². The van der Waals surface area contributed by atoms with Gasteiger partial charge in [-0.3, -0.25) is 0 Å². The number of likely N-dealkylation sites (N-methyl/N-ethyl adjacent to an activating group) is 1. The topological polar surface area (TPSA) is 60.1 Å². The summed E-state index contributed by atoms with van der Waals surface area (Å²) in [6.07, 6.45) is 3.06. The molecule has 0 aliphatic carbocycles. The van der Waals surface area contributed by atoms with Crippen LogP contribution in [-0.2, 0) is 6.42 Å². The lowest BCUT2D eigenvalue weighted by atomic mass is 10.1. The number of anilines is 2. The summed E-state index contributed by atoms with van der Waals surface area (Å²) in [5, 5.41) is 4.77. The van der Waals surface area contributed by atoms with Crippen molar-refractivity contribution in [2.75, 3.05) is 50.0 Å². The Balaban J connectivity index is 1.41. The van der Waals surface area contributed by atoms with E-state index in [9.17, 15) is 0 Å². The zero-order chi connectivity index (χ0) is 17.9. The summed E-state index contributed by atoms with van der Waals surface area (Å²) in [7, 11) is 2.17. The fraction of sp³-hybridized carbons (Fsp3) is 0.400. The molecule has 2 aromatic heterocycles. The lowest BCUT2D eigenvalue weighted by Gasteiger charge is -2.33.